The standard InChI is InChI=1S/C16H25O2P/c1-6-7-13(5)18-16(19)15(17)14-11(3)8-10(2)9-12(14)4/h8-9,13,16H,6-7,19H2,1-5H3/t13-,16?/m1/s1. The van der Waals surface area contributed by atoms with Crippen LogP contribution in [0.3, 0.4) is 0 Å². The van der Waals surface area contributed by atoms with Crippen molar-refractivity contribution in [3.63, 3.8) is 0 Å². The first-order chi connectivity index (χ1) is 8.86. The Morgan fingerprint density at radius 1 is 1.26 bits per heavy atom. The molecule has 2 nitrogen and oxygen atoms in total. The van der Waals surface area contributed by atoms with Crippen LogP contribution in [-0.2, 0) is 4.74 Å². The van der Waals surface area contributed by atoms with Crippen LogP contribution in [0.15, 0.2) is 12.1 Å². The highest BCUT2D eigenvalue weighted by Gasteiger charge is 2.21. The maximum absolute atomic E-state index is 12.5. The smallest absolute Gasteiger partial charge is 0.195 e. The normalized spacial score (nSPS) is 14.2. The van der Waals surface area contributed by atoms with Crippen LogP contribution >= 0.6 is 9.24 Å². The molecule has 3 atom stereocenters. The molecule has 106 valence electrons. The maximum Gasteiger partial charge on any atom is 0.195 e. The fourth-order valence-corrected chi connectivity index (χ4v) is 2.93. The number of carbonyl (C=O) groups is 1. The summed E-state index contributed by atoms with van der Waals surface area (Å²) in [5.41, 5.74) is 4.05. The van der Waals surface area contributed by atoms with Crippen molar-refractivity contribution in [1.82, 2.24) is 0 Å². The van der Waals surface area contributed by atoms with Gasteiger partial charge < -0.3 is 4.74 Å². The van der Waals surface area contributed by atoms with E-state index >= 15 is 0 Å². The van der Waals surface area contributed by atoms with Gasteiger partial charge in [-0.15, -0.1) is 0 Å². The van der Waals surface area contributed by atoms with Crippen molar-refractivity contribution in [2.24, 2.45) is 0 Å². The van der Waals surface area contributed by atoms with Crippen LogP contribution in [-0.4, -0.2) is 17.7 Å². The number of benzene rings is 1. The molecule has 0 saturated heterocycles. The van der Waals surface area contributed by atoms with Crippen LogP contribution in [0, 0.1) is 20.8 Å². The lowest BCUT2D eigenvalue weighted by Gasteiger charge is -2.19. The van der Waals surface area contributed by atoms with E-state index in [1.54, 1.807) is 0 Å². The summed E-state index contributed by atoms with van der Waals surface area (Å²) in [5, 5.41) is 0. The number of hydrogen-bond donors (Lipinski definition) is 0. The van der Waals surface area contributed by atoms with Gasteiger partial charge in [-0.2, -0.15) is 0 Å². The Bertz CT molecular complexity index is 431. The fraction of sp³-hybridized carbons (Fsp3) is 0.562. The van der Waals surface area contributed by atoms with Crippen molar-refractivity contribution in [3.05, 3.63) is 34.4 Å². The SMILES string of the molecule is CCC[C@@H](C)OC(P)C(=O)c1c(C)cc(C)cc1C. The monoisotopic (exact) mass is 280 g/mol. The third-order valence-electron chi connectivity index (χ3n) is 3.26. The topological polar surface area (TPSA) is 26.3 Å². The third kappa shape index (κ3) is 4.40. The molecule has 0 heterocycles. The Balaban J connectivity index is 2.88. The van der Waals surface area contributed by atoms with Gasteiger partial charge in [0.2, 0.25) is 0 Å². The molecular formula is C16H25O2P. The van der Waals surface area contributed by atoms with E-state index in [4.69, 9.17) is 4.74 Å². The van der Waals surface area contributed by atoms with Crippen LogP contribution in [0.25, 0.3) is 0 Å². The Hall–Kier alpha value is -0.720. The van der Waals surface area contributed by atoms with Crippen molar-refractivity contribution in [1.29, 1.82) is 0 Å². The molecule has 0 radical (unpaired) electrons. The van der Waals surface area contributed by atoms with Gasteiger partial charge in [0.05, 0.1) is 6.10 Å². The molecule has 1 aromatic rings. The molecule has 0 aliphatic carbocycles. The molecule has 0 aliphatic rings. The second kappa shape index (κ2) is 7.17. The summed E-state index contributed by atoms with van der Waals surface area (Å²) in [6.45, 7) is 10.2. The van der Waals surface area contributed by atoms with Crippen molar-refractivity contribution in [2.75, 3.05) is 0 Å². The second-order valence-electron chi connectivity index (χ2n) is 5.29. The molecule has 0 fully saturated rings. The summed E-state index contributed by atoms with van der Waals surface area (Å²) in [7, 11) is 2.53. The molecular weight excluding hydrogens is 255 g/mol. The van der Waals surface area contributed by atoms with Crippen LogP contribution in [0.5, 0.6) is 0 Å². The fourth-order valence-electron chi connectivity index (χ4n) is 2.50. The molecule has 0 aromatic heterocycles. The van der Waals surface area contributed by atoms with E-state index in [9.17, 15) is 4.79 Å². The lowest BCUT2D eigenvalue weighted by atomic mass is 9.97. The largest absolute Gasteiger partial charge is 0.363 e. The van der Waals surface area contributed by atoms with Crippen molar-refractivity contribution in [3.8, 4) is 0 Å². The first kappa shape index (κ1) is 16.3. The van der Waals surface area contributed by atoms with Gasteiger partial charge in [-0.3, -0.25) is 4.79 Å². The third-order valence-corrected chi connectivity index (χ3v) is 3.72. The van der Waals surface area contributed by atoms with Crippen LogP contribution in [0.2, 0.25) is 0 Å². The average Bonchev–Trinajstić information content (AvgIpc) is 2.27. The Kier molecular flexibility index (Phi) is 6.16. The first-order valence-electron chi connectivity index (χ1n) is 6.89. The predicted octanol–water partition coefficient (Wildman–Crippen LogP) is 4.20. The maximum atomic E-state index is 12.5. The van der Waals surface area contributed by atoms with Gasteiger partial charge in [0.1, 0.15) is 5.85 Å². The second-order valence-corrected chi connectivity index (χ2v) is 5.90. The summed E-state index contributed by atoms with van der Waals surface area (Å²) in [4.78, 5) is 12.5. The Labute approximate surface area is 119 Å². The molecule has 3 heteroatoms. The number of rotatable bonds is 6. The quantitative estimate of drug-likeness (QED) is 0.576. The average molecular weight is 280 g/mol. The van der Waals surface area contributed by atoms with E-state index in [2.05, 4.69) is 16.2 Å². The van der Waals surface area contributed by atoms with Crippen LogP contribution in [0.4, 0.5) is 0 Å². The number of ether oxygens (including phenoxy) is 1. The molecule has 0 saturated carbocycles. The summed E-state index contributed by atoms with van der Waals surface area (Å²) in [5.74, 6) is -0.399. The first-order valence-corrected chi connectivity index (χ1v) is 7.56. The van der Waals surface area contributed by atoms with E-state index in [0.717, 1.165) is 29.5 Å². The predicted molar refractivity (Wildman–Crippen MR) is 83.9 cm³/mol. The molecule has 19 heavy (non-hydrogen) atoms. The van der Waals surface area contributed by atoms with Gasteiger partial charge in [-0.1, -0.05) is 40.3 Å². The van der Waals surface area contributed by atoms with E-state index in [0.29, 0.717) is 0 Å². The molecule has 0 N–H and O–H groups in total. The van der Waals surface area contributed by atoms with Crippen LogP contribution < -0.4 is 0 Å². The lowest BCUT2D eigenvalue weighted by Crippen LogP contribution is -2.24. The number of Topliss-reactive ketones (excluding diaryl/α,β-unsaturated/α-hetero) is 1. The highest BCUT2D eigenvalue weighted by atomic mass is 31.0. The molecule has 2 unspecified atom stereocenters. The van der Waals surface area contributed by atoms with E-state index in [1.807, 2.05) is 39.8 Å². The van der Waals surface area contributed by atoms with Gasteiger partial charge in [0, 0.05) is 5.56 Å². The number of ketones is 1. The lowest BCUT2D eigenvalue weighted by molar-refractivity contribution is 0.0354. The molecule has 1 aromatic carbocycles. The minimum atomic E-state index is -0.457. The minimum absolute atomic E-state index is 0.0583. The summed E-state index contributed by atoms with van der Waals surface area (Å²) in [6.07, 6.45) is 2.15. The van der Waals surface area contributed by atoms with Gasteiger partial charge in [-0.25, -0.2) is 0 Å². The van der Waals surface area contributed by atoms with E-state index in [1.165, 1.54) is 5.56 Å². The number of carbonyl (C=O) groups excluding carboxylic acids is 1. The van der Waals surface area contributed by atoms with Crippen molar-refractivity contribution >= 4 is 15.0 Å². The summed E-state index contributed by atoms with van der Waals surface area (Å²) < 4.78 is 5.76. The van der Waals surface area contributed by atoms with Crippen molar-refractivity contribution < 1.29 is 9.53 Å². The Morgan fingerprint density at radius 2 is 1.79 bits per heavy atom. The highest BCUT2D eigenvalue weighted by molar-refractivity contribution is 7.19. The van der Waals surface area contributed by atoms with Gasteiger partial charge >= 0.3 is 0 Å². The molecule has 1 rings (SSSR count). The van der Waals surface area contributed by atoms with Gasteiger partial charge in [0.25, 0.3) is 0 Å². The zero-order chi connectivity index (χ0) is 14.6. The molecule has 0 bridgehead atoms. The van der Waals surface area contributed by atoms with Gasteiger partial charge in [0.15, 0.2) is 5.78 Å². The van der Waals surface area contributed by atoms with Crippen LogP contribution in [0.1, 0.15) is 53.7 Å². The minimum Gasteiger partial charge on any atom is -0.363 e. The summed E-state index contributed by atoms with van der Waals surface area (Å²) in [6, 6.07) is 4.10. The summed E-state index contributed by atoms with van der Waals surface area (Å²) >= 11 is 0. The zero-order valence-electron chi connectivity index (χ0n) is 12.6. The van der Waals surface area contributed by atoms with Crippen molar-refractivity contribution in [2.45, 2.75) is 59.4 Å². The number of aryl methyl sites for hydroxylation is 3. The number of hydrogen-bond acceptors (Lipinski definition) is 2. The highest BCUT2D eigenvalue weighted by Crippen LogP contribution is 2.22. The molecule has 0 aliphatic heterocycles. The van der Waals surface area contributed by atoms with E-state index in [-0.39, 0.29) is 11.9 Å². The van der Waals surface area contributed by atoms with E-state index < -0.39 is 5.85 Å². The molecule has 0 spiro atoms. The molecule has 0 amide bonds. The Morgan fingerprint density at radius 3 is 2.26 bits per heavy atom. The van der Waals surface area contributed by atoms with Gasteiger partial charge in [-0.05, 0) is 45.2 Å². The zero-order valence-corrected chi connectivity index (χ0v) is 13.8.